The summed E-state index contributed by atoms with van der Waals surface area (Å²) in [6.07, 6.45) is 3.34. The van der Waals surface area contributed by atoms with E-state index in [1.165, 1.54) is 0 Å². The van der Waals surface area contributed by atoms with Gasteiger partial charge in [0.2, 0.25) is 5.91 Å². The molecule has 0 aliphatic rings. The summed E-state index contributed by atoms with van der Waals surface area (Å²) in [7, 11) is 0. The predicted octanol–water partition coefficient (Wildman–Crippen LogP) is 5.39. The lowest BCUT2D eigenvalue weighted by Crippen LogP contribution is -2.09. The number of primary amides is 1. The molecule has 0 atom stereocenters. The molecule has 0 unspecified atom stereocenters. The second-order valence-corrected chi connectivity index (χ2v) is 6.99. The molecule has 0 aliphatic carbocycles. The quantitative estimate of drug-likeness (QED) is 0.437. The summed E-state index contributed by atoms with van der Waals surface area (Å²) in [5, 5.41) is 0.383. The summed E-state index contributed by atoms with van der Waals surface area (Å²) < 4.78 is 5.95. The van der Waals surface area contributed by atoms with E-state index in [1.54, 1.807) is 48.8 Å². The third-order valence-electron chi connectivity index (χ3n) is 4.32. The molecule has 6 nitrogen and oxygen atoms in total. The molecule has 4 aromatic rings. The van der Waals surface area contributed by atoms with Crippen molar-refractivity contribution in [1.82, 2.24) is 15.0 Å². The van der Waals surface area contributed by atoms with Gasteiger partial charge in [-0.05, 0) is 55.8 Å². The first kappa shape index (κ1) is 21.9. The first-order valence-electron chi connectivity index (χ1n) is 9.48. The normalized spacial score (nSPS) is 10.0. The number of rotatable bonds is 4. The lowest BCUT2D eigenvalue weighted by Gasteiger charge is -2.12. The molecule has 0 radical (unpaired) electrons. The van der Waals surface area contributed by atoms with Crippen LogP contribution in [-0.2, 0) is 0 Å². The van der Waals surface area contributed by atoms with E-state index in [9.17, 15) is 4.79 Å². The highest BCUT2D eigenvalue weighted by Crippen LogP contribution is 2.32. The van der Waals surface area contributed by atoms with Gasteiger partial charge in [-0.3, -0.25) is 9.78 Å². The van der Waals surface area contributed by atoms with Gasteiger partial charge in [0, 0.05) is 29.7 Å². The van der Waals surface area contributed by atoms with Crippen LogP contribution in [0.1, 0.15) is 21.6 Å². The van der Waals surface area contributed by atoms with E-state index in [0.29, 0.717) is 27.9 Å². The fourth-order valence-electron chi connectivity index (χ4n) is 2.62. The Labute approximate surface area is 185 Å². The molecule has 0 fully saturated rings. The Hall–Kier alpha value is -3.77. The molecule has 3 aromatic heterocycles. The molecule has 1 amide bonds. The van der Waals surface area contributed by atoms with Crippen LogP contribution in [0.15, 0.2) is 79.1 Å². The number of pyridine rings is 3. The number of amides is 1. The van der Waals surface area contributed by atoms with Crippen molar-refractivity contribution in [3.05, 3.63) is 101 Å². The van der Waals surface area contributed by atoms with Gasteiger partial charge in [0.1, 0.15) is 16.6 Å². The zero-order valence-electron chi connectivity index (χ0n) is 17.1. The maximum absolute atomic E-state index is 10.4. The molecular formula is C24H21ClN4O2. The summed E-state index contributed by atoms with van der Waals surface area (Å²) >= 11 is 5.91. The van der Waals surface area contributed by atoms with Crippen LogP contribution in [0, 0.1) is 13.8 Å². The van der Waals surface area contributed by atoms with E-state index in [-0.39, 0.29) is 5.91 Å². The topological polar surface area (TPSA) is 91.0 Å². The lowest BCUT2D eigenvalue weighted by atomic mass is 10.1. The Balaban J connectivity index is 0.000000254. The molecule has 1 aromatic carbocycles. The number of nitrogens with zero attached hydrogens (tertiary/aromatic N) is 3. The van der Waals surface area contributed by atoms with Gasteiger partial charge >= 0.3 is 0 Å². The van der Waals surface area contributed by atoms with Crippen molar-refractivity contribution >= 4 is 17.5 Å². The Kier molecular flexibility index (Phi) is 7.30. The minimum Gasteiger partial charge on any atom is -0.455 e. The van der Waals surface area contributed by atoms with Crippen LogP contribution in [0.3, 0.4) is 0 Å². The molecule has 7 heteroatoms. The second-order valence-electron chi connectivity index (χ2n) is 6.60. The molecule has 2 N–H and O–H groups in total. The second kappa shape index (κ2) is 10.3. The molecule has 31 heavy (non-hydrogen) atoms. The lowest BCUT2D eigenvalue weighted by molar-refractivity contribution is 0.100. The smallest absolute Gasteiger partial charge is 0.248 e. The van der Waals surface area contributed by atoms with E-state index in [2.05, 4.69) is 15.0 Å². The van der Waals surface area contributed by atoms with Gasteiger partial charge in [0.05, 0.1) is 5.69 Å². The number of nitrogens with two attached hydrogens (primary N) is 1. The third-order valence-corrected chi connectivity index (χ3v) is 4.53. The van der Waals surface area contributed by atoms with Crippen molar-refractivity contribution in [2.45, 2.75) is 13.8 Å². The van der Waals surface area contributed by atoms with Gasteiger partial charge in [-0.2, -0.15) is 0 Å². The van der Waals surface area contributed by atoms with Crippen molar-refractivity contribution in [1.29, 1.82) is 0 Å². The van der Waals surface area contributed by atoms with Gasteiger partial charge in [0.15, 0.2) is 5.75 Å². The highest BCUT2D eigenvalue weighted by molar-refractivity contribution is 6.29. The third kappa shape index (κ3) is 6.10. The van der Waals surface area contributed by atoms with E-state index in [0.717, 1.165) is 17.0 Å². The highest BCUT2D eigenvalue weighted by Gasteiger charge is 2.13. The van der Waals surface area contributed by atoms with Gasteiger partial charge in [-0.1, -0.05) is 35.9 Å². The predicted molar refractivity (Wildman–Crippen MR) is 121 cm³/mol. The van der Waals surface area contributed by atoms with Crippen LogP contribution in [0.2, 0.25) is 5.15 Å². The number of carbonyl (C=O) groups excluding carboxylic acids is 1. The minimum atomic E-state index is -0.379. The molecule has 4 rings (SSSR count). The first-order valence-corrected chi connectivity index (χ1v) is 9.85. The number of aromatic nitrogens is 3. The van der Waals surface area contributed by atoms with Crippen LogP contribution in [0.5, 0.6) is 11.5 Å². The molecule has 0 saturated heterocycles. The van der Waals surface area contributed by atoms with E-state index >= 15 is 0 Å². The number of carbonyl (C=O) groups is 1. The first-order chi connectivity index (χ1) is 14.9. The van der Waals surface area contributed by atoms with Crippen molar-refractivity contribution in [2.75, 3.05) is 0 Å². The number of aryl methyl sites for hydroxylation is 2. The molecular weight excluding hydrogens is 412 g/mol. The van der Waals surface area contributed by atoms with Crippen molar-refractivity contribution < 1.29 is 9.53 Å². The van der Waals surface area contributed by atoms with Crippen molar-refractivity contribution in [3.8, 4) is 22.9 Å². The summed E-state index contributed by atoms with van der Waals surface area (Å²) in [5.74, 6) is 0.877. The summed E-state index contributed by atoms with van der Waals surface area (Å²) in [6, 6.07) is 19.8. The summed E-state index contributed by atoms with van der Waals surface area (Å²) in [4.78, 5) is 23.4. The molecule has 0 aliphatic heterocycles. The Morgan fingerprint density at radius 1 is 0.935 bits per heavy atom. The average Bonchev–Trinajstić information content (AvgIpc) is 2.78. The fourth-order valence-corrected chi connectivity index (χ4v) is 2.79. The zero-order chi connectivity index (χ0) is 22.2. The summed E-state index contributed by atoms with van der Waals surface area (Å²) in [5.41, 5.74) is 8.99. The maximum Gasteiger partial charge on any atom is 0.248 e. The van der Waals surface area contributed by atoms with Gasteiger partial charge in [-0.15, -0.1) is 0 Å². The van der Waals surface area contributed by atoms with E-state index < -0.39 is 0 Å². The van der Waals surface area contributed by atoms with Crippen LogP contribution in [0.4, 0.5) is 0 Å². The largest absolute Gasteiger partial charge is 0.455 e. The number of ether oxygens (including phenoxy) is 1. The van der Waals surface area contributed by atoms with E-state index in [4.69, 9.17) is 22.1 Å². The van der Waals surface area contributed by atoms with Crippen LogP contribution in [0.25, 0.3) is 11.4 Å². The average molecular weight is 433 g/mol. The Morgan fingerprint density at radius 3 is 2.29 bits per heavy atom. The summed E-state index contributed by atoms with van der Waals surface area (Å²) in [6.45, 7) is 3.96. The standard InChI is InChI=1S/C17H14ClN3O.C7H7NO/c1-11-9-15(22-13-6-8-20-16(18)10-13)17(21-12(11)2)14-5-3-4-7-19-14;8-7(9)6-4-2-1-3-5-6/h3-10H,1-2H3;1-5H,(H2,8,9). The van der Waals surface area contributed by atoms with Gasteiger partial charge < -0.3 is 10.5 Å². The SMILES string of the molecule is Cc1cc(Oc2ccnc(Cl)c2)c(-c2ccccn2)nc1C.NC(=O)c1ccccc1. The molecule has 0 bridgehead atoms. The Bertz CT molecular complexity index is 1170. The molecule has 3 heterocycles. The monoisotopic (exact) mass is 432 g/mol. The number of hydrogen-bond donors (Lipinski definition) is 1. The number of halogens is 1. The highest BCUT2D eigenvalue weighted by atomic mass is 35.5. The van der Waals surface area contributed by atoms with Crippen LogP contribution >= 0.6 is 11.6 Å². The number of hydrogen-bond acceptors (Lipinski definition) is 5. The zero-order valence-corrected chi connectivity index (χ0v) is 17.9. The fraction of sp³-hybridized carbons (Fsp3) is 0.0833. The van der Waals surface area contributed by atoms with E-state index in [1.807, 2.05) is 44.2 Å². The van der Waals surface area contributed by atoms with Crippen molar-refractivity contribution in [2.24, 2.45) is 5.73 Å². The number of benzene rings is 1. The van der Waals surface area contributed by atoms with Gasteiger partial charge in [-0.25, -0.2) is 9.97 Å². The van der Waals surface area contributed by atoms with Crippen LogP contribution in [-0.4, -0.2) is 20.9 Å². The van der Waals surface area contributed by atoms with Crippen molar-refractivity contribution in [3.63, 3.8) is 0 Å². The molecule has 0 saturated carbocycles. The molecule has 0 spiro atoms. The van der Waals surface area contributed by atoms with Crippen LogP contribution < -0.4 is 10.5 Å². The maximum atomic E-state index is 10.4. The Morgan fingerprint density at radius 2 is 1.68 bits per heavy atom. The van der Waals surface area contributed by atoms with Gasteiger partial charge in [0.25, 0.3) is 0 Å². The molecule has 156 valence electrons. The minimum absolute atomic E-state index is 0.379.